The van der Waals surface area contributed by atoms with Gasteiger partial charge in [0.25, 0.3) is 0 Å². The zero-order valence-corrected chi connectivity index (χ0v) is 23.7. The monoisotopic (exact) mass is 514 g/mol. The van der Waals surface area contributed by atoms with E-state index in [1.54, 1.807) is 7.11 Å². The molecule has 2 aromatic carbocycles. The van der Waals surface area contributed by atoms with Gasteiger partial charge in [0.05, 0.1) is 24.9 Å². The Morgan fingerprint density at radius 3 is 2.43 bits per heavy atom. The third-order valence-electron chi connectivity index (χ3n) is 8.06. The molecule has 1 unspecified atom stereocenters. The smallest absolute Gasteiger partial charge is 0.322 e. The summed E-state index contributed by atoms with van der Waals surface area (Å²) in [5.74, 6) is 1.23. The van der Waals surface area contributed by atoms with Crippen LogP contribution >= 0.6 is 11.6 Å². The third kappa shape index (κ3) is 5.40. The first-order valence-electron chi connectivity index (χ1n) is 12.6. The number of amides is 2. The number of fused-ring (bicyclic) bond motifs is 1. The average molecular weight is 515 g/mol. The van der Waals surface area contributed by atoms with Crippen molar-refractivity contribution in [2.75, 3.05) is 18.6 Å². The van der Waals surface area contributed by atoms with Crippen LogP contribution in [0, 0.1) is 5.92 Å². The summed E-state index contributed by atoms with van der Waals surface area (Å²) in [6, 6.07) is 13.8. The molecule has 1 aliphatic heterocycles. The van der Waals surface area contributed by atoms with Crippen LogP contribution in [-0.4, -0.2) is 28.1 Å². The molecule has 0 bridgehead atoms. The van der Waals surface area contributed by atoms with E-state index >= 15 is 0 Å². The van der Waals surface area contributed by atoms with Crippen molar-refractivity contribution in [1.82, 2.24) is 5.32 Å². The predicted octanol–water partition coefficient (Wildman–Crippen LogP) is 7.49. The fourth-order valence-electron chi connectivity index (χ4n) is 4.80. The number of halogens is 1. The maximum atomic E-state index is 13.6. The first-order chi connectivity index (χ1) is 16.5. The van der Waals surface area contributed by atoms with Gasteiger partial charge in [0.15, 0.2) is 8.32 Å². The minimum Gasteiger partial charge on any atom is -0.497 e. The lowest BCUT2D eigenvalue weighted by molar-refractivity contribution is 0.197. The highest BCUT2D eigenvalue weighted by Gasteiger charge is 2.52. The van der Waals surface area contributed by atoms with E-state index in [2.05, 4.69) is 45.2 Å². The quantitative estimate of drug-likeness (QED) is 0.278. The zero-order chi connectivity index (χ0) is 25.4. The molecule has 7 heteroatoms. The summed E-state index contributed by atoms with van der Waals surface area (Å²) in [4.78, 5) is 15.4. The normalized spacial score (nSPS) is 20.4. The van der Waals surface area contributed by atoms with Crippen molar-refractivity contribution in [3.8, 4) is 5.75 Å². The van der Waals surface area contributed by atoms with E-state index < -0.39 is 13.9 Å². The predicted molar refractivity (Wildman–Crippen MR) is 146 cm³/mol. The van der Waals surface area contributed by atoms with Gasteiger partial charge in [0, 0.05) is 17.2 Å². The van der Waals surface area contributed by atoms with Crippen LogP contribution in [0.15, 0.2) is 42.5 Å². The molecule has 1 atom stereocenters. The maximum Gasteiger partial charge on any atom is 0.322 e. The lowest BCUT2D eigenvalue weighted by Gasteiger charge is -2.45. The summed E-state index contributed by atoms with van der Waals surface area (Å²) in [6.45, 7) is 12.6. The van der Waals surface area contributed by atoms with Crippen molar-refractivity contribution in [2.45, 2.75) is 76.7 Å². The van der Waals surface area contributed by atoms with Crippen molar-refractivity contribution in [3.63, 3.8) is 0 Å². The average Bonchev–Trinajstić information content (AvgIpc) is 3.65. The number of nitrogens with zero attached hydrogens (tertiary/aromatic N) is 1. The highest BCUT2D eigenvalue weighted by Crippen LogP contribution is 2.53. The Labute approximate surface area is 216 Å². The van der Waals surface area contributed by atoms with Gasteiger partial charge in [-0.05, 0) is 85.6 Å². The molecule has 1 aliphatic carbocycles. The molecule has 35 heavy (non-hydrogen) atoms. The number of methoxy groups -OCH3 is 1. The number of carbonyl (C=O) groups is 1. The van der Waals surface area contributed by atoms with Gasteiger partial charge in [-0.2, -0.15) is 0 Å². The number of rotatable bonds is 9. The number of urea groups is 1. The second-order valence-corrected chi connectivity index (χ2v) is 16.7. The summed E-state index contributed by atoms with van der Waals surface area (Å²) >= 11 is 6.51. The second-order valence-electron chi connectivity index (χ2n) is 11.5. The summed E-state index contributed by atoms with van der Waals surface area (Å²) in [5, 5.41) is 4.34. The molecule has 0 saturated heterocycles. The van der Waals surface area contributed by atoms with E-state index in [-0.39, 0.29) is 11.1 Å². The summed E-state index contributed by atoms with van der Waals surface area (Å²) in [6.07, 6.45) is 3.98. The van der Waals surface area contributed by atoms with Gasteiger partial charge in [0.2, 0.25) is 0 Å². The second kappa shape index (κ2) is 9.79. The van der Waals surface area contributed by atoms with Gasteiger partial charge in [-0.3, -0.25) is 4.90 Å². The van der Waals surface area contributed by atoms with Crippen molar-refractivity contribution >= 4 is 31.6 Å². The van der Waals surface area contributed by atoms with Crippen LogP contribution in [0.2, 0.25) is 23.2 Å². The van der Waals surface area contributed by atoms with E-state index in [1.807, 2.05) is 41.3 Å². The zero-order valence-electron chi connectivity index (χ0n) is 21.9. The minimum absolute atomic E-state index is 0.0483. The van der Waals surface area contributed by atoms with Crippen LogP contribution in [0.5, 0.6) is 5.75 Å². The number of benzene rings is 2. The minimum atomic E-state index is -1.81. The van der Waals surface area contributed by atoms with Gasteiger partial charge < -0.3 is 14.5 Å². The van der Waals surface area contributed by atoms with E-state index in [0.29, 0.717) is 24.1 Å². The number of hydrogen-bond acceptors (Lipinski definition) is 3. The fraction of sp³-hybridized carbons (Fsp3) is 0.536. The SMILES string of the molecule is COc1ccc(CN2C(=O)NC(CCCO[Si](C)(C)C(C)(C)C)(C3CC3)c3cc(Cl)ccc32)cc1. The molecule has 0 aromatic heterocycles. The molecular formula is C28H39ClN2O3Si. The van der Waals surface area contributed by atoms with E-state index in [0.717, 1.165) is 48.2 Å². The number of hydrogen-bond donors (Lipinski definition) is 1. The molecule has 4 rings (SSSR count). The van der Waals surface area contributed by atoms with Crippen molar-refractivity contribution in [3.05, 3.63) is 58.6 Å². The Balaban J connectivity index is 1.59. The van der Waals surface area contributed by atoms with Gasteiger partial charge in [-0.1, -0.05) is 44.5 Å². The third-order valence-corrected chi connectivity index (χ3v) is 12.8. The molecule has 2 aromatic rings. The first-order valence-corrected chi connectivity index (χ1v) is 15.9. The Morgan fingerprint density at radius 1 is 1.14 bits per heavy atom. The Bertz CT molecular complexity index is 1060. The summed E-state index contributed by atoms with van der Waals surface area (Å²) in [5.41, 5.74) is 2.73. The molecule has 0 radical (unpaired) electrons. The number of ether oxygens (including phenoxy) is 1. The molecule has 2 amide bonds. The van der Waals surface area contributed by atoms with Crippen molar-refractivity contribution in [1.29, 1.82) is 0 Å². The molecule has 1 heterocycles. The molecule has 1 N–H and O–H groups in total. The highest BCUT2D eigenvalue weighted by atomic mass is 35.5. The molecule has 1 saturated carbocycles. The van der Waals surface area contributed by atoms with Crippen LogP contribution in [-0.2, 0) is 16.5 Å². The number of carbonyl (C=O) groups excluding carboxylic acids is 1. The molecule has 1 fully saturated rings. The first kappa shape index (κ1) is 26.1. The highest BCUT2D eigenvalue weighted by molar-refractivity contribution is 6.74. The van der Waals surface area contributed by atoms with Crippen LogP contribution in [0.25, 0.3) is 0 Å². The summed E-state index contributed by atoms with van der Waals surface area (Å²) < 4.78 is 11.7. The van der Waals surface area contributed by atoms with Crippen LogP contribution in [0.4, 0.5) is 10.5 Å². The van der Waals surface area contributed by atoms with E-state index in [9.17, 15) is 4.79 Å². The Kier molecular flexibility index (Phi) is 7.29. The topological polar surface area (TPSA) is 50.8 Å². The lowest BCUT2D eigenvalue weighted by Crippen LogP contribution is -2.57. The van der Waals surface area contributed by atoms with Gasteiger partial charge in [-0.25, -0.2) is 4.79 Å². The standard InChI is InChI=1S/C28H39ClN2O3Si/c1-27(2,3)35(5,6)34-17-7-16-28(21-10-11-21)24-18-22(29)12-15-25(24)31(26(32)30-28)19-20-8-13-23(33-4)14-9-20/h8-9,12-15,18,21H,7,10-11,16-17,19H2,1-6H3,(H,30,32). The van der Waals surface area contributed by atoms with Crippen LogP contribution in [0.3, 0.4) is 0 Å². The van der Waals surface area contributed by atoms with Gasteiger partial charge in [-0.15, -0.1) is 0 Å². The fourth-order valence-corrected chi connectivity index (χ4v) is 6.06. The van der Waals surface area contributed by atoms with Crippen molar-refractivity contribution < 1.29 is 14.0 Å². The lowest BCUT2D eigenvalue weighted by atomic mass is 9.78. The molecule has 5 nitrogen and oxygen atoms in total. The number of nitrogens with one attached hydrogen (secondary N) is 1. The Hall–Kier alpha value is -2.02. The van der Waals surface area contributed by atoms with Gasteiger partial charge >= 0.3 is 6.03 Å². The Morgan fingerprint density at radius 2 is 1.83 bits per heavy atom. The van der Waals surface area contributed by atoms with E-state index in [1.165, 1.54) is 0 Å². The van der Waals surface area contributed by atoms with Crippen LogP contribution in [0.1, 0.15) is 57.6 Å². The molecular weight excluding hydrogens is 476 g/mol. The molecule has 0 spiro atoms. The van der Waals surface area contributed by atoms with Crippen LogP contribution < -0.4 is 15.0 Å². The van der Waals surface area contributed by atoms with E-state index in [4.69, 9.17) is 20.8 Å². The van der Waals surface area contributed by atoms with Crippen molar-refractivity contribution in [2.24, 2.45) is 5.92 Å². The summed E-state index contributed by atoms with van der Waals surface area (Å²) in [7, 11) is -0.154. The maximum absolute atomic E-state index is 13.6. The number of anilines is 1. The van der Waals surface area contributed by atoms with Gasteiger partial charge in [0.1, 0.15) is 5.75 Å². The molecule has 2 aliphatic rings. The largest absolute Gasteiger partial charge is 0.497 e. The molecule has 190 valence electrons.